The maximum absolute atomic E-state index is 13.5. The van der Waals surface area contributed by atoms with E-state index in [4.69, 9.17) is 15.5 Å². The molecule has 0 aliphatic carbocycles. The Labute approximate surface area is 116 Å². The van der Waals surface area contributed by atoms with Crippen molar-refractivity contribution < 1.29 is 27.9 Å². The molecule has 0 fully saturated rings. The van der Waals surface area contributed by atoms with Gasteiger partial charge in [0.05, 0.1) is 6.04 Å². The summed E-state index contributed by atoms with van der Waals surface area (Å²) in [4.78, 5) is 28.4. The molecule has 1 rings (SSSR count). The highest BCUT2D eigenvalue weighted by Gasteiger charge is 2.51. The summed E-state index contributed by atoms with van der Waals surface area (Å²) in [5.41, 5.74) is 0.633. The maximum atomic E-state index is 13.5. The molecular formula is C10H11BrF2NO4P. The van der Waals surface area contributed by atoms with Gasteiger partial charge in [-0.05, 0) is 18.6 Å². The van der Waals surface area contributed by atoms with Crippen LogP contribution in [0.5, 0.6) is 0 Å². The second-order valence-corrected chi connectivity index (χ2v) is 6.42. The maximum Gasteiger partial charge on any atom is 0.399 e. The molecule has 0 spiro atoms. The van der Waals surface area contributed by atoms with Crippen molar-refractivity contribution in [3.05, 3.63) is 33.8 Å². The van der Waals surface area contributed by atoms with Crippen molar-refractivity contribution >= 4 is 29.3 Å². The molecule has 0 bridgehead atoms. The van der Waals surface area contributed by atoms with Gasteiger partial charge in [0, 0.05) is 10.0 Å². The van der Waals surface area contributed by atoms with Crippen molar-refractivity contribution in [3.8, 4) is 0 Å². The molecule has 19 heavy (non-hydrogen) atoms. The molecule has 0 saturated carbocycles. The van der Waals surface area contributed by atoms with E-state index in [2.05, 4.69) is 15.9 Å². The van der Waals surface area contributed by atoms with Crippen molar-refractivity contribution in [2.75, 3.05) is 0 Å². The Morgan fingerprint density at radius 1 is 1.47 bits per heavy atom. The highest BCUT2D eigenvalue weighted by Crippen LogP contribution is 2.60. The first-order chi connectivity index (χ1) is 8.48. The van der Waals surface area contributed by atoms with Crippen molar-refractivity contribution in [2.24, 2.45) is 5.73 Å². The van der Waals surface area contributed by atoms with Gasteiger partial charge < -0.3 is 15.5 Å². The molecule has 1 aromatic carbocycles. The Kier molecular flexibility index (Phi) is 4.64. The summed E-state index contributed by atoms with van der Waals surface area (Å²) in [7, 11) is -5.64. The molecule has 0 aliphatic heterocycles. The topological polar surface area (TPSA) is 101 Å². The van der Waals surface area contributed by atoms with E-state index >= 15 is 0 Å². The standard InChI is InChI=1S/C10H11BrF2NO4P/c1-5(15)9(14)6-2-3-7(8(11)4-6)10(12,13)19(16,17)18/h2-4,9H,14H2,1H3,(H2,16,17,18). The first-order valence-electron chi connectivity index (χ1n) is 4.98. The third-order valence-electron chi connectivity index (χ3n) is 2.48. The minimum atomic E-state index is -5.64. The highest BCUT2D eigenvalue weighted by molar-refractivity contribution is 9.10. The van der Waals surface area contributed by atoms with Gasteiger partial charge in [0.15, 0.2) is 5.78 Å². The summed E-state index contributed by atoms with van der Waals surface area (Å²) in [5.74, 6) is -0.360. The van der Waals surface area contributed by atoms with Crippen LogP contribution in [0.3, 0.4) is 0 Å². The van der Waals surface area contributed by atoms with Crippen LogP contribution in [0.4, 0.5) is 8.78 Å². The average Bonchev–Trinajstić information content (AvgIpc) is 2.25. The van der Waals surface area contributed by atoms with Crippen molar-refractivity contribution in [2.45, 2.75) is 18.6 Å². The number of hydrogen-bond donors (Lipinski definition) is 3. The second kappa shape index (κ2) is 5.38. The fraction of sp³-hybridized carbons (Fsp3) is 0.300. The van der Waals surface area contributed by atoms with Crippen LogP contribution in [0, 0.1) is 0 Å². The van der Waals surface area contributed by atoms with Gasteiger partial charge in [0.1, 0.15) is 0 Å². The fourth-order valence-corrected chi connectivity index (χ4v) is 2.67. The number of Topliss-reactive ketones (excluding diaryl/α,β-unsaturated/α-hetero) is 1. The number of ketones is 1. The molecule has 0 aliphatic rings. The summed E-state index contributed by atoms with van der Waals surface area (Å²) >= 11 is 2.80. The lowest BCUT2D eigenvalue weighted by molar-refractivity contribution is -0.118. The van der Waals surface area contributed by atoms with E-state index < -0.39 is 24.9 Å². The normalized spacial score (nSPS) is 14.3. The fourth-order valence-electron chi connectivity index (χ4n) is 1.36. The summed E-state index contributed by atoms with van der Waals surface area (Å²) in [6, 6.07) is 2.14. The van der Waals surface area contributed by atoms with E-state index in [-0.39, 0.29) is 15.8 Å². The smallest absolute Gasteiger partial charge is 0.320 e. The number of alkyl halides is 2. The number of benzene rings is 1. The van der Waals surface area contributed by atoms with Gasteiger partial charge in [0.2, 0.25) is 0 Å². The lowest BCUT2D eigenvalue weighted by atomic mass is 10.0. The molecule has 106 valence electrons. The predicted molar refractivity (Wildman–Crippen MR) is 67.7 cm³/mol. The van der Waals surface area contributed by atoms with Gasteiger partial charge >= 0.3 is 13.3 Å². The number of halogens is 3. The zero-order valence-electron chi connectivity index (χ0n) is 9.68. The van der Waals surface area contributed by atoms with E-state index in [0.29, 0.717) is 0 Å². The number of carbonyl (C=O) groups is 1. The van der Waals surface area contributed by atoms with Crippen molar-refractivity contribution in [1.82, 2.24) is 0 Å². The molecule has 0 amide bonds. The highest BCUT2D eigenvalue weighted by atomic mass is 79.9. The van der Waals surface area contributed by atoms with Gasteiger partial charge in [-0.1, -0.05) is 28.1 Å². The number of nitrogens with two attached hydrogens (primary N) is 1. The SMILES string of the molecule is CC(=O)C(N)c1ccc(C(F)(F)P(=O)(O)O)c(Br)c1. The quantitative estimate of drug-likeness (QED) is 0.717. The van der Waals surface area contributed by atoms with Gasteiger partial charge in [-0.3, -0.25) is 9.36 Å². The van der Waals surface area contributed by atoms with E-state index in [1.165, 1.54) is 6.92 Å². The first kappa shape index (κ1) is 16.4. The zero-order chi connectivity index (χ0) is 15.0. The number of hydrogen-bond acceptors (Lipinski definition) is 3. The summed E-state index contributed by atoms with van der Waals surface area (Å²) < 4.78 is 37.6. The van der Waals surface area contributed by atoms with Crippen LogP contribution in [0.2, 0.25) is 0 Å². The molecule has 9 heteroatoms. The van der Waals surface area contributed by atoms with Gasteiger partial charge in [-0.15, -0.1) is 0 Å². The lowest BCUT2D eigenvalue weighted by Crippen LogP contribution is -2.19. The third kappa shape index (κ3) is 3.27. The Hall–Kier alpha value is -0.660. The molecule has 0 heterocycles. The Morgan fingerprint density at radius 2 is 2.00 bits per heavy atom. The number of carbonyl (C=O) groups excluding carboxylic acids is 1. The Morgan fingerprint density at radius 3 is 2.37 bits per heavy atom. The van der Waals surface area contributed by atoms with Crippen LogP contribution in [-0.2, 0) is 15.0 Å². The van der Waals surface area contributed by atoms with Crippen LogP contribution >= 0.6 is 23.5 Å². The van der Waals surface area contributed by atoms with E-state index in [0.717, 1.165) is 18.2 Å². The van der Waals surface area contributed by atoms with Crippen molar-refractivity contribution in [3.63, 3.8) is 0 Å². The van der Waals surface area contributed by atoms with Crippen LogP contribution in [0.15, 0.2) is 22.7 Å². The van der Waals surface area contributed by atoms with Crippen LogP contribution < -0.4 is 5.73 Å². The van der Waals surface area contributed by atoms with E-state index in [9.17, 15) is 18.1 Å². The monoisotopic (exact) mass is 357 g/mol. The minimum absolute atomic E-state index is 0.227. The molecule has 4 N–H and O–H groups in total. The molecule has 0 saturated heterocycles. The van der Waals surface area contributed by atoms with Gasteiger partial charge in [-0.25, -0.2) is 0 Å². The third-order valence-corrected chi connectivity index (χ3v) is 4.11. The van der Waals surface area contributed by atoms with Crippen molar-refractivity contribution in [1.29, 1.82) is 0 Å². The molecule has 5 nitrogen and oxygen atoms in total. The van der Waals surface area contributed by atoms with Crippen LogP contribution in [-0.4, -0.2) is 15.6 Å². The molecule has 0 radical (unpaired) electrons. The zero-order valence-corrected chi connectivity index (χ0v) is 12.2. The van der Waals surface area contributed by atoms with Crippen LogP contribution in [0.25, 0.3) is 0 Å². The molecule has 0 aromatic heterocycles. The summed E-state index contributed by atoms with van der Waals surface area (Å²) in [6.45, 7) is 1.25. The largest absolute Gasteiger partial charge is 0.399 e. The predicted octanol–water partition coefficient (Wildman–Crippen LogP) is 2.26. The molecular weight excluding hydrogens is 347 g/mol. The van der Waals surface area contributed by atoms with Crippen LogP contribution in [0.1, 0.15) is 24.1 Å². The summed E-state index contributed by atoms with van der Waals surface area (Å²) in [5, 5.41) is 0. The number of rotatable bonds is 4. The van der Waals surface area contributed by atoms with Gasteiger partial charge in [0.25, 0.3) is 0 Å². The molecule has 1 atom stereocenters. The summed E-state index contributed by atoms with van der Waals surface area (Å²) in [6.07, 6.45) is 0. The molecule has 1 unspecified atom stereocenters. The second-order valence-electron chi connectivity index (χ2n) is 3.91. The Bertz CT molecular complexity index is 560. The average molecular weight is 358 g/mol. The lowest BCUT2D eigenvalue weighted by Gasteiger charge is -2.20. The Balaban J connectivity index is 3.30. The first-order valence-corrected chi connectivity index (χ1v) is 7.38. The minimum Gasteiger partial charge on any atom is -0.320 e. The molecule has 1 aromatic rings. The van der Waals surface area contributed by atoms with Gasteiger partial charge in [-0.2, -0.15) is 8.78 Å². The van der Waals surface area contributed by atoms with E-state index in [1.54, 1.807) is 0 Å². The van der Waals surface area contributed by atoms with E-state index in [1.807, 2.05) is 0 Å².